The van der Waals surface area contributed by atoms with Gasteiger partial charge in [-0.2, -0.15) is 5.26 Å². The summed E-state index contributed by atoms with van der Waals surface area (Å²) in [5, 5.41) is 9.30. The van der Waals surface area contributed by atoms with Gasteiger partial charge in [0.25, 0.3) is 0 Å². The molecule has 1 aromatic heterocycles. The van der Waals surface area contributed by atoms with E-state index in [1.807, 2.05) is 19.2 Å². The molecule has 0 spiro atoms. The first-order chi connectivity index (χ1) is 9.19. The maximum absolute atomic E-state index is 9.30. The van der Waals surface area contributed by atoms with Crippen LogP contribution in [0, 0.1) is 36.0 Å². The minimum Gasteiger partial charge on any atom is -0.358 e. The third-order valence-corrected chi connectivity index (χ3v) is 5.01. The molecular weight excluding hydrogens is 234 g/mol. The molecule has 0 radical (unpaired) electrons. The van der Waals surface area contributed by atoms with E-state index in [9.17, 15) is 5.26 Å². The molecule has 2 fully saturated rings. The molecule has 3 rings (SSSR count). The van der Waals surface area contributed by atoms with Crippen molar-refractivity contribution in [3.8, 4) is 6.07 Å². The van der Waals surface area contributed by atoms with Gasteiger partial charge in [0.15, 0.2) is 0 Å². The van der Waals surface area contributed by atoms with Crippen LogP contribution in [0.2, 0.25) is 0 Å². The van der Waals surface area contributed by atoms with Crippen molar-refractivity contribution in [2.24, 2.45) is 17.8 Å². The van der Waals surface area contributed by atoms with E-state index in [2.05, 4.69) is 23.0 Å². The number of aromatic nitrogens is 1. The van der Waals surface area contributed by atoms with E-state index in [1.165, 1.54) is 25.7 Å². The Kier molecular flexibility index (Phi) is 3.18. The van der Waals surface area contributed by atoms with Crippen LogP contribution in [0.1, 0.15) is 36.8 Å². The lowest BCUT2D eigenvalue weighted by Gasteiger charge is -2.28. The van der Waals surface area contributed by atoms with Crippen molar-refractivity contribution < 1.29 is 0 Å². The highest BCUT2D eigenvalue weighted by atomic mass is 15.2. The molecule has 2 bridgehead atoms. The van der Waals surface area contributed by atoms with Gasteiger partial charge >= 0.3 is 0 Å². The van der Waals surface area contributed by atoms with Crippen molar-refractivity contribution in [2.45, 2.75) is 32.6 Å². The average Bonchev–Trinajstić information content (AvgIpc) is 3.00. The first-order valence-corrected chi connectivity index (χ1v) is 7.26. The first-order valence-electron chi connectivity index (χ1n) is 7.26. The van der Waals surface area contributed by atoms with Crippen LogP contribution in [0.4, 0.5) is 5.82 Å². The quantitative estimate of drug-likeness (QED) is 0.833. The van der Waals surface area contributed by atoms with Gasteiger partial charge in [0.1, 0.15) is 11.9 Å². The minimum absolute atomic E-state index is 0.730. The highest BCUT2D eigenvalue weighted by Crippen LogP contribution is 2.48. The Labute approximate surface area is 115 Å². The lowest BCUT2D eigenvalue weighted by molar-refractivity contribution is 0.337. The molecular formula is C16H21N3. The molecule has 3 nitrogen and oxygen atoms in total. The lowest BCUT2D eigenvalue weighted by atomic mass is 9.88. The Morgan fingerprint density at radius 3 is 2.89 bits per heavy atom. The monoisotopic (exact) mass is 255 g/mol. The predicted molar refractivity (Wildman–Crippen MR) is 75.9 cm³/mol. The highest BCUT2D eigenvalue weighted by molar-refractivity contribution is 5.56. The number of hydrogen-bond acceptors (Lipinski definition) is 3. The van der Waals surface area contributed by atoms with Crippen LogP contribution >= 0.6 is 0 Å². The number of nitrogens with zero attached hydrogens (tertiary/aromatic N) is 3. The molecule has 0 N–H and O–H groups in total. The van der Waals surface area contributed by atoms with E-state index in [0.29, 0.717) is 0 Å². The van der Waals surface area contributed by atoms with E-state index in [-0.39, 0.29) is 0 Å². The molecule has 0 amide bonds. The molecule has 0 aliphatic heterocycles. The van der Waals surface area contributed by atoms with Crippen LogP contribution in [0.25, 0.3) is 0 Å². The van der Waals surface area contributed by atoms with Crippen LogP contribution < -0.4 is 4.90 Å². The van der Waals surface area contributed by atoms with Crippen molar-refractivity contribution in [2.75, 3.05) is 18.5 Å². The molecule has 2 saturated carbocycles. The van der Waals surface area contributed by atoms with E-state index in [0.717, 1.165) is 41.2 Å². The summed E-state index contributed by atoms with van der Waals surface area (Å²) in [7, 11) is 2.08. The summed E-state index contributed by atoms with van der Waals surface area (Å²) in [6.45, 7) is 3.03. The fourth-order valence-corrected chi connectivity index (χ4v) is 4.01. The summed E-state index contributed by atoms with van der Waals surface area (Å²) in [4.78, 5) is 6.61. The molecule has 2 aliphatic carbocycles. The average molecular weight is 255 g/mol. The normalized spacial score (nSPS) is 28.4. The SMILES string of the molecule is Cc1ccnc(N(C)CC2CC3CCC2C3)c1C#N. The summed E-state index contributed by atoms with van der Waals surface area (Å²) in [6.07, 6.45) is 7.48. The Morgan fingerprint density at radius 2 is 2.26 bits per heavy atom. The molecule has 3 atom stereocenters. The number of fused-ring (bicyclic) bond motifs is 2. The second-order valence-electron chi connectivity index (χ2n) is 6.25. The van der Waals surface area contributed by atoms with E-state index in [1.54, 1.807) is 0 Å². The number of anilines is 1. The smallest absolute Gasteiger partial charge is 0.146 e. The third kappa shape index (κ3) is 2.20. The molecule has 19 heavy (non-hydrogen) atoms. The molecule has 100 valence electrons. The number of rotatable bonds is 3. The Balaban J connectivity index is 1.76. The molecule has 3 heteroatoms. The van der Waals surface area contributed by atoms with Gasteiger partial charge in [-0.05, 0) is 55.6 Å². The standard InChI is InChI=1S/C16H21N3/c1-11-5-6-18-16(15(11)9-17)19(2)10-14-8-12-3-4-13(14)7-12/h5-6,12-14H,3-4,7-8,10H2,1-2H3. The topological polar surface area (TPSA) is 39.9 Å². The molecule has 2 aliphatic rings. The van der Waals surface area contributed by atoms with E-state index < -0.39 is 0 Å². The lowest BCUT2D eigenvalue weighted by Crippen LogP contribution is -2.29. The van der Waals surface area contributed by atoms with Crippen LogP contribution in [-0.2, 0) is 0 Å². The zero-order chi connectivity index (χ0) is 13.4. The highest BCUT2D eigenvalue weighted by Gasteiger charge is 2.39. The molecule has 0 aromatic carbocycles. The fraction of sp³-hybridized carbons (Fsp3) is 0.625. The van der Waals surface area contributed by atoms with E-state index >= 15 is 0 Å². The number of nitriles is 1. The Hall–Kier alpha value is -1.56. The zero-order valence-electron chi connectivity index (χ0n) is 11.8. The fourth-order valence-electron chi connectivity index (χ4n) is 4.01. The van der Waals surface area contributed by atoms with E-state index in [4.69, 9.17) is 0 Å². The van der Waals surface area contributed by atoms with Crippen LogP contribution in [0.3, 0.4) is 0 Å². The van der Waals surface area contributed by atoms with Gasteiger partial charge in [0.05, 0.1) is 5.56 Å². The summed E-state index contributed by atoms with van der Waals surface area (Å²) in [5.74, 6) is 3.55. The van der Waals surface area contributed by atoms with Gasteiger partial charge in [0.2, 0.25) is 0 Å². The summed E-state index contributed by atoms with van der Waals surface area (Å²) < 4.78 is 0. The number of aryl methyl sites for hydroxylation is 1. The Morgan fingerprint density at radius 1 is 1.42 bits per heavy atom. The maximum atomic E-state index is 9.30. The van der Waals surface area contributed by atoms with Crippen molar-refractivity contribution in [3.05, 3.63) is 23.4 Å². The maximum Gasteiger partial charge on any atom is 0.146 e. The van der Waals surface area contributed by atoms with Crippen molar-refractivity contribution in [1.82, 2.24) is 4.98 Å². The molecule has 1 aromatic rings. The molecule has 0 saturated heterocycles. The second-order valence-corrected chi connectivity index (χ2v) is 6.25. The first kappa shape index (κ1) is 12.5. The van der Waals surface area contributed by atoms with Gasteiger partial charge in [-0.1, -0.05) is 6.42 Å². The van der Waals surface area contributed by atoms with Gasteiger partial charge in [-0.3, -0.25) is 0 Å². The minimum atomic E-state index is 0.730. The van der Waals surface area contributed by atoms with Crippen LogP contribution in [0.5, 0.6) is 0 Å². The van der Waals surface area contributed by atoms with Crippen LogP contribution in [0.15, 0.2) is 12.3 Å². The third-order valence-electron chi connectivity index (χ3n) is 5.01. The number of hydrogen-bond donors (Lipinski definition) is 0. The summed E-state index contributed by atoms with van der Waals surface area (Å²) in [5.41, 5.74) is 1.75. The van der Waals surface area contributed by atoms with Gasteiger partial charge in [-0.25, -0.2) is 4.98 Å². The zero-order valence-corrected chi connectivity index (χ0v) is 11.8. The summed E-state index contributed by atoms with van der Waals surface area (Å²) >= 11 is 0. The second kappa shape index (κ2) is 4.85. The number of pyridine rings is 1. The van der Waals surface area contributed by atoms with Crippen molar-refractivity contribution >= 4 is 5.82 Å². The van der Waals surface area contributed by atoms with Crippen molar-refractivity contribution in [1.29, 1.82) is 5.26 Å². The predicted octanol–water partition coefficient (Wildman–Crippen LogP) is 3.13. The molecule has 3 unspecified atom stereocenters. The van der Waals surface area contributed by atoms with Gasteiger partial charge in [-0.15, -0.1) is 0 Å². The largest absolute Gasteiger partial charge is 0.358 e. The molecule has 1 heterocycles. The van der Waals surface area contributed by atoms with Crippen LogP contribution in [-0.4, -0.2) is 18.6 Å². The van der Waals surface area contributed by atoms with Crippen molar-refractivity contribution in [3.63, 3.8) is 0 Å². The van der Waals surface area contributed by atoms with Gasteiger partial charge < -0.3 is 4.90 Å². The van der Waals surface area contributed by atoms with Gasteiger partial charge in [0, 0.05) is 19.8 Å². The Bertz CT molecular complexity index is 517. The summed E-state index contributed by atoms with van der Waals surface area (Å²) in [6, 6.07) is 4.21.